The van der Waals surface area contributed by atoms with Crippen LogP contribution in [0.2, 0.25) is 0 Å². The molecule has 5 nitrogen and oxygen atoms in total. The molecule has 1 aromatic heterocycles. The minimum Gasteiger partial charge on any atom is -0.383 e. The number of anilines is 2. The average molecular weight is 572 g/mol. The molecule has 4 N–H and O–H groups in total. The molecule has 0 fully saturated rings. The normalized spacial score (nSPS) is 19.5. The highest BCUT2D eigenvalue weighted by Gasteiger charge is 2.31. The van der Waals surface area contributed by atoms with Gasteiger partial charge in [-0.3, -0.25) is 5.41 Å². The Morgan fingerprint density at radius 2 is 1.98 bits per heavy atom. The first kappa shape index (κ1) is 29.3. The van der Waals surface area contributed by atoms with Crippen LogP contribution in [-0.4, -0.2) is 27.9 Å². The Labute approximate surface area is 245 Å². The standard InChI is InChI=1S/C34H36F3N5/c1-18(2)13-21-11-12-24(16-28(21)37)32(38)31-33(39)40-17-41-34(31)42-20(4)26-15-23-8-6-10-27(36)30(23)19(3)29(26)22-7-5-9-25(35)14-22/h5-10,16-18,20,25,38H,3,11-15H2,1-2,4H3,(H3,39,40,41,42). The number of nitrogen functional groups attached to an aromatic ring is 1. The molecule has 3 aliphatic rings. The molecule has 2 atom stereocenters. The van der Waals surface area contributed by atoms with Gasteiger partial charge in [0.15, 0.2) is 0 Å². The van der Waals surface area contributed by atoms with Gasteiger partial charge < -0.3 is 11.1 Å². The van der Waals surface area contributed by atoms with Crippen LogP contribution in [0.15, 0.2) is 89.1 Å². The quantitative estimate of drug-likeness (QED) is 0.279. The number of fused-ring (bicyclic) bond motifs is 1. The van der Waals surface area contributed by atoms with Crippen LogP contribution in [-0.2, 0) is 6.42 Å². The fourth-order valence-electron chi connectivity index (χ4n) is 6.09. The van der Waals surface area contributed by atoms with Crippen LogP contribution in [0.25, 0.3) is 5.57 Å². The molecule has 0 saturated heterocycles. The lowest BCUT2D eigenvalue weighted by Gasteiger charge is -2.32. The van der Waals surface area contributed by atoms with Crippen molar-refractivity contribution in [1.29, 1.82) is 5.41 Å². The molecule has 1 heterocycles. The molecule has 2 aromatic rings. The van der Waals surface area contributed by atoms with Crippen molar-refractivity contribution in [1.82, 2.24) is 9.97 Å². The highest BCUT2D eigenvalue weighted by atomic mass is 19.1. The molecule has 5 rings (SSSR count). The fourth-order valence-corrected chi connectivity index (χ4v) is 6.09. The molecule has 0 radical (unpaired) electrons. The molecule has 3 aliphatic carbocycles. The van der Waals surface area contributed by atoms with E-state index in [0.717, 1.165) is 27.9 Å². The summed E-state index contributed by atoms with van der Waals surface area (Å²) in [4.78, 5) is 8.55. The van der Waals surface area contributed by atoms with Gasteiger partial charge >= 0.3 is 0 Å². The first-order valence-corrected chi connectivity index (χ1v) is 14.3. The van der Waals surface area contributed by atoms with Crippen molar-refractivity contribution in [2.24, 2.45) is 5.92 Å². The van der Waals surface area contributed by atoms with E-state index in [1.165, 1.54) is 24.5 Å². The summed E-state index contributed by atoms with van der Waals surface area (Å²) in [6, 6.07) is 4.57. The third-order valence-corrected chi connectivity index (χ3v) is 8.07. The van der Waals surface area contributed by atoms with Crippen LogP contribution >= 0.6 is 0 Å². The van der Waals surface area contributed by atoms with E-state index in [-0.39, 0.29) is 35.6 Å². The first-order chi connectivity index (χ1) is 20.0. The summed E-state index contributed by atoms with van der Waals surface area (Å²) < 4.78 is 44.5. The average Bonchev–Trinajstić information content (AvgIpc) is 2.93. The summed E-state index contributed by atoms with van der Waals surface area (Å²) in [6.45, 7) is 10.3. The highest BCUT2D eigenvalue weighted by Crippen LogP contribution is 2.43. The summed E-state index contributed by atoms with van der Waals surface area (Å²) in [5.41, 5.74) is 12.0. The molecule has 2 unspecified atom stereocenters. The monoisotopic (exact) mass is 571 g/mol. The van der Waals surface area contributed by atoms with Crippen LogP contribution in [0, 0.1) is 17.1 Å². The van der Waals surface area contributed by atoms with E-state index in [1.54, 1.807) is 12.1 Å². The number of nitrogens with one attached hydrogen (secondary N) is 2. The van der Waals surface area contributed by atoms with Crippen molar-refractivity contribution in [2.75, 3.05) is 11.1 Å². The number of nitrogens with two attached hydrogens (primary N) is 1. The molecular weight excluding hydrogens is 535 g/mol. The van der Waals surface area contributed by atoms with Gasteiger partial charge in [0.25, 0.3) is 0 Å². The Morgan fingerprint density at radius 1 is 1.19 bits per heavy atom. The fraction of sp³-hybridized carbons (Fsp3) is 0.324. The van der Waals surface area contributed by atoms with E-state index in [0.29, 0.717) is 59.7 Å². The Balaban J connectivity index is 1.52. The zero-order valence-corrected chi connectivity index (χ0v) is 24.2. The van der Waals surface area contributed by atoms with Crippen molar-refractivity contribution < 1.29 is 13.2 Å². The number of benzene rings is 1. The molecule has 42 heavy (non-hydrogen) atoms. The molecule has 218 valence electrons. The summed E-state index contributed by atoms with van der Waals surface area (Å²) in [6.07, 6.45) is 8.93. The molecule has 0 saturated carbocycles. The van der Waals surface area contributed by atoms with Crippen LogP contribution in [0.5, 0.6) is 0 Å². The Bertz CT molecular complexity index is 1610. The van der Waals surface area contributed by atoms with E-state index in [1.807, 2.05) is 19.1 Å². The molecular formula is C34H36F3N5. The smallest absolute Gasteiger partial charge is 0.141 e. The van der Waals surface area contributed by atoms with Gasteiger partial charge in [-0.15, -0.1) is 0 Å². The number of hydrogen-bond donors (Lipinski definition) is 3. The molecule has 0 aliphatic heterocycles. The van der Waals surface area contributed by atoms with Crippen molar-refractivity contribution in [3.05, 3.63) is 112 Å². The first-order valence-electron chi connectivity index (χ1n) is 14.3. The molecule has 0 bridgehead atoms. The predicted octanol–water partition coefficient (Wildman–Crippen LogP) is 8.15. The number of alkyl halides is 1. The van der Waals surface area contributed by atoms with E-state index in [9.17, 15) is 13.2 Å². The molecule has 1 aromatic carbocycles. The summed E-state index contributed by atoms with van der Waals surface area (Å²) in [5.74, 6) is 0.122. The minimum atomic E-state index is -1.15. The lowest BCUT2D eigenvalue weighted by molar-refractivity contribution is 0.396. The second-order valence-electron chi connectivity index (χ2n) is 11.6. The summed E-state index contributed by atoms with van der Waals surface area (Å²) in [7, 11) is 0. The predicted molar refractivity (Wildman–Crippen MR) is 164 cm³/mol. The second kappa shape index (κ2) is 12.0. The van der Waals surface area contributed by atoms with Crippen LogP contribution in [0.4, 0.5) is 24.8 Å². The number of halogens is 3. The van der Waals surface area contributed by atoms with Crippen molar-refractivity contribution in [2.45, 2.75) is 65.1 Å². The number of nitrogens with zero attached hydrogens (tertiary/aromatic N) is 2. The van der Waals surface area contributed by atoms with Gasteiger partial charge in [-0.05, 0) is 89.7 Å². The Morgan fingerprint density at radius 3 is 2.69 bits per heavy atom. The molecule has 0 spiro atoms. The Hall–Kier alpha value is -4.20. The largest absolute Gasteiger partial charge is 0.383 e. The minimum absolute atomic E-state index is 0.0663. The van der Waals surface area contributed by atoms with E-state index in [4.69, 9.17) is 11.1 Å². The number of hydrogen-bond acceptors (Lipinski definition) is 5. The lowest BCUT2D eigenvalue weighted by Crippen LogP contribution is -2.27. The second-order valence-corrected chi connectivity index (χ2v) is 11.6. The maximum absolute atomic E-state index is 15.0. The number of rotatable bonds is 8. The van der Waals surface area contributed by atoms with E-state index in [2.05, 4.69) is 35.7 Å². The summed E-state index contributed by atoms with van der Waals surface area (Å²) in [5, 5.41) is 12.4. The van der Waals surface area contributed by atoms with Crippen molar-refractivity contribution >= 4 is 22.9 Å². The van der Waals surface area contributed by atoms with Gasteiger partial charge in [0, 0.05) is 18.0 Å². The zero-order valence-electron chi connectivity index (χ0n) is 24.2. The third kappa shape index (κ3) is 5.75. The SMILES string of the molecule is C=C1C(C2=CC=CC(F)C2)=C(C(C)Nc2ncnc(N)c2C(=N)C2=CC(F)=C(CC(C)C)CC2)Cc2cccc(F)c21. The number of allylic oxidation sites excluding steroid dienone is 10. The van der Waals surface area contributed by atoms with Crippen LogP contribution in [0.1, 0.15) is 63.1 Å². The summed E-state index contributed by atoms with van der Waals surface area (Å²) >= 11 is 0. The van der Waals surface area contributed by atoms with Gasteiger partial charge in [-0.1, -0.05) is 50.8 Å². The van der Waals surface area contributed by atoms with E-state index < -0.39 is 6.17 Å². The van der Waals surface area contributed by atoms with Gasteiger partial charge in [-0.25, -0.2) is 23.1 Å². The van der Waals surface area contributed by atoms with Crippen LogP contribution in [0.3, 0.4) is 0 Å². The topological polar surface area (TPSA) is 87.7 Å². The van der Waals surface area contributed by atoms with Crippen molar-refractivity contribution in [3.63, 3.8) is 0 Å². The van der Waals surface area contributed by atoms with Crippen LogP contribution < -0.4 is 11.1 Å². The van der Waals surface area contributed by atoms with Crippen molar-refractivity contribution in [3.8, 4) is 0 Å². The molecule has 8 heteroatoms. The molecule has 0 amide bonds. The zero-order chi connectivity index (χ0) is 30.1. The third-order valence-electron chi connectivity index (χ3n) is 8.07. The van der Waals surface area contributed by atoms with Gasteiger partial charge in [0.1, 0.15) is 35.8 Å². The van der Waals surface area contributed by atoms with Gasteiger partial charge in [-0.2, -0.15) is 0 Å². The highest BCUT2D eigenvalue weighted by molar-refractivity contribution is 6.16. The van der Waals surface area contributed by atoms with E-state index >= 15 is 0 Å². The Kier molecular flexibility index (Phi) is 8.34. The maximum Gasteiger partial charge on any atom is 0.141 e. The lowest BCUT2D eigenvalue weighted by atomic mass is 9.76. The van der Waals surface area contributed by atoms with Gasteiger partial charge in [0.05, 0.1) is 11.3 Å². The number of aromatic nitrogens is 2. The van der Waals surface area contributed by atoms with Gasteiger partial charge in [0.2, 0.25) is 0 Å². The maximum atomic E-state index is 15.0.